The molecule has 78 valence electrons. The minimum atomic E-state index is -1.09. The molecule has 1 heterocycles. The topological polar surface area (TPSA) is 50.4 Å². The maximum absolute atomic E-state index is 10.7. The Morgan fingerprint density at radius 2 is 2.07 bits per heavy atom. The minimum absolute atomic E-state index is 0.0862. The van der Waals surface area contributed by atoms with Crippen LogP contribution in [0.4, 0.5) is 0 Å². The first-order chi connectivity index (χ1) is 7.00. The van der Waals surface area contributed by atoms with E-state index >= 15 is 0 Å². The van der Waals surface area contributed by atoms with E-state index in [0.717, 1.165) is 16.5 Å². The summed E-state index contributed by atoms with van der Waals surface area (Å²) in [4.78, 5) is 10.7. The molecule has 2 rings (SSSR count). The first kappa shape index (κ1) is 10.1. The molecule has 0 spiro atoms. The van der Waals surface area contributed by atoms with Crippen LogP contribution in [0.2, 0.25) is 5.02 Å². The largest absolute Gasteiger partial charge is 0.475 e. The molecule has 0 aliphatic heterocycles. The third-order valence-electron chi connectivity index (χ3n) is 2.46. The third kappa shape index (κ3) is 1.49. The quantitative estimate of drug-likeness (QED) is 0.808. The van der Waals surface area contributed by atoms with Crippen molar-refractivity contribution in [3.05, 3.63) is 34.0 Å². The maximum Gasteiger partial charge on any atom is 0.371 e. The SMILES string of the molecule is Cc1cc2cc(C(=O)O)oc2c(Cl)c1C. The smallest absolute Gasteiger partial charge is 0.371 e. The molecule has 0 saturated carbocycles. The average molecular weight is 225 g/mol. The molecule has 0 saturated heterocycles. The molecular formula is C11H9ClO3. The highest BCUT2D eigenvalue weighted by Gasteiger charge is 2.14. The molecule has 1 N–H and O–H groups in total. The molecule has 0 amide bonds. The fourth-order valence-corrected chi connectivity index (χ4v) is 1.77. The van der Waals surface area contributed by atoms with Gasteiger partial charge in [-0.05, 0) is 37.1 Å². The first-order valence-electron chi connectivity index (χ1n) is 4.43. The predicted octanol–water partition coefficient (Wildman–Crippen LogP) is 3.40. The number of carbonyl (C=O) groups is 1. The van der Waals surface area contributed by atoms with Crippen molar-refractivity contribution < 1.29 is 14.3 Å². The normalized spacial score (nSPS) is 10.9. The number of fused-ring (bicyclic) bond motifs is 1. The average Bonchev–Trinajstić information content (AvgIpc) is 2.58. The number of hydrogen-bond donors (Lipinski definition) is 1. The van der Waals surface area contributed by atoms with Crippen molar-refractivity contribution in [1.29, 1.82) is 0 Å². The zero-order valence-electron chi connectivity index (χ0n) is 8.30. The summed E-state index contributed by atoms with van der Waals surface area (Å²) in [6.45, 7) is 3.80. The van der Waals surface area contributed by atoms with Crippen LogP contribution in [0.25, 0.3) is 11.0 Å². The molecule has 0 fully saturated rings. The van der Waals surface area contributed by atoms with E-state index in [9.17, 15) is 4.79 Å². The number of carboxylic acid groups (broad SMARTS) is 1. The molecule has 2 aromatic rings. The fraction of sp³-hybridized carbons (Fsp3) is 0.182. The highest BCUT2D eigenvalue weighted by molar-refractivity contribution is 6.35. The van der Waals surface area contributed by atoms with E-state index < -0.39 is 5.97 Å². The van der Waals surface area contributed by atoms with E-state index in [1.54, 1.807) is 0 Å². The monoisotopic (exact) mass is 224 g/mol. The van der Waals surface area contributed by atoms with Gasteiger partial charge < -0.3 is 9.52 Å². The number of carboxylic acids is 1. The van der Waals surface area contributed by atoms with E-state index in [1.807, 2.05) is 19.9 Å². The number of aryl methyl sites for hydroxylation is 1. The van der Waals surface area contributed by atoms with Crippen LogP contribution in [0.15, 0.2) is 16.5 Å². The molecule has 3 nitrogen and oxygen atoms in total. The summed E-state index contributed by atoms with van der Waals surface area (Å²) in [7, 11) is 0. The van der Waals surface area contributed by atoms with Gasteiger partial charge in [0.15, 0.2) is 5.58 Å². The second-order valence-corrected chi connectivity index (χ2v) is 3.84. The summed E-state index contributed by atoms with van der Waals surface area (Å²) in [5.41, 5.74) is 2.37. The van der Waals surface area contributed by atoms with Gasteiger partial charge in [0.25, 0.3) is 0 Å². The minimum Gasteiger partial charge on any atom is -0.475 e. The van der Waals surface area contributed by atoms with Gasteiger partial charge in [-0.25, -0.2) is 4.79 Å². The summed E-state index contributed by atoms with van der Waals surface area (Å²) in [6, 6.07) is 3.35. The van der Waals surface area contributed by atoms with Crippen molar-refractivity contribution in [3.63, 3.8) is 0 Å². The Morgan fingerprint density at radius 3 is 2.67 bits per heavy atom. The molecule has 0 unspecified atom stereocenters. The van der Waals surface area contributed by atoms with Gasteiger partial charge in [0.1, 0.15) is 0 Å². The fourth-order valence-electron chi connectivity index (χ4n) is 1.47. The Morgan fingerprint density at radius 1 is 1.40 bits per heavy atom. The van der Waals surface area contributed by atoms with E-state index in [4.69, 9.17) is 21.1 Å². The Hall–Kier alpha value is -1.48. The van der Waals surface area contributed by atoms with E-state index in [2.05, 4.69) is 0 Å². The Bertz CT molecular complexity index is 554. The number of aromatic carboxylic acids is 1. The van der Waals surface area contributed by atoms with Crippen LogP contribution >= 0.6 is 11.6 Å². The number of halogens is 1. The summed E-state index contributed by atoms with van der Waals surface area (Å²) in [6.07, 6.45) is 0. The van der Waals surface area contributed by atoms with Crippen LogP contribution in [0, 0.1) is 13.8 Å². The lowest BCUT2D eigenvalue weighted by atomic mass is 10.1. The van der Waals surface area contributed by atoms with Crippen LogP contribution in [0.5, 0.6) is 0 Å². The molecule has 4 heteroatoms. The van der Waals surface area contributed by atoms with Crippen LogP contribution < -0.4 is 0 Å². The molecule has 0 radical (unpaired) electrons. The van der Waals surface area contributed by atoms with Crippen molar-refractivity contribution in [3.8, 4) is 0 Å². The predicted molar refractivity (Wildman–Crippen MR) is 57.7 cm³/mol. The highest BCUT2D eigenvalue weighted by Crippen LogP contribution is 2.31. The molecule has 0 bridgehead atoms. The lowest BCUT2D eigenvalue weighted by Crippen LogP contribution is -1.91. The van der Waals surface area contributed by atoms with Gasteiger partial charge >= 0.3 is 5.97 Å². The summed E-state index contributed by atoms with van der Waals surface area (Å²) in [5.74, 6) is -1.17. The number of rotatable bonds is 1. The van der Waals surface area contributed by atoms with E-state index in [-0.39, 0.29) is 5.76 Å². The molecule has 0 aliphatic rings. The molecule has 1 aromatic carbocycles. The van der Waals surface area contributed by atoms with Crippen molar-refractivity contribution in [2.45, 2.75) is 13.8 Å². The van der Waals surface area contributed by atoms with Crippen LogP contribution in [-0.2, 0) is 0 Å². The molecule has 0 atom stereocenters. The highest BCUT2D eigenvalue weighted by atomic mass is 35.5. The number of hydrogen-bond acceptors (Lipinski definition) is 2. The van der Waals surface area contributed by atoms with Gasteiger partial charge in [-0.3, -0.25) is 0 Å². The summed E-state index contributed by atoms with van der Waals surface area (Å²) < 4.78 is 5.16. The van der Waals surface area contributed by atoms with Gasteiger partial charge in [-0.2, -0.15) is 0 Å². The third-order valence-corrected chi connectivity index (χ3v) is 2.92. The van der Waals surface area contributed by atoms with Crippen molar-refractivity contribution >= 4 is 28.5 Å². The van der Waals surface area contributed by atoms with Gasteiger partial charge in [-0.1, -0.05) is 11.6 Å². The van der Waals surface area contributed by atoms with Gasteiger partial charge in [0.05, 0.1) is 5.02 Å². The van der Waals surface area contributed by atoms with E-state index in [1.165, 1.54) is 6.07 Å². The van der Waals surface area contributed by atoms with Crippen molar-refractivity contribution in [1.82, 2.24) is 0 Å². The van der Waals surface area contributed by atoms with Crippen molar-refractivity contribution in [2.24, 2.45) is 0 Å². The Kier molecular flexibility index (Phi) is 2.20. The standard InChI is InChI=1S/C11H9ClO3/c1-5-3-7-4-8(11(13)14)15-10(7)9(12)6(5)2/h3-4H,1-2H3,(H,13,14). The van der Waals surface area contributed by atoms with Gasteiger partial charge in [0, 0.05) is 5.39 Å². The second-order valence-electron chi connectivity index (χ2n) is 3.47. The zero-order valence-corrected chi connectivity index (χ0v) is 9.05. The lowest BCUT2D eigenvalue weighted by Gasteiger charge is -2.02. The summed E-state index contributed by atoms with van der Waals surface area (Å²) in [5, 5.41) is 9.99. The number of benzene rings is 1. The second kappa shape index (κ2) is 3.28. The Labute approximate surface area is 91.3 Å². The molecule has 0 aliphatic carbocycles. The molecular weight excluding hydrogens is 216 g/mol. The van der Waals surface area contributed by atoms with Crippen LogP contribution in [0.1, 0.15) is 21.7 Å². The van der Waals surface area contributed by atoms with E-state index in [0.29, 0.717) is 10.6 Å². The van der Waals surface area contributed by atoms with Gasteiger partial charge in [-0.15, -0.1) is 0 Å². The van der Waals surface area contributed by atoms with Crippen LogP contribution in [0.3, 0.4) is 0 Å². The molecule has 1 aromatic heterocycles. The summed E-state index contributed by atoms with van der Waals surface area (Å²) >= 11 is 6.06. The maximum atomic E-state index is 10.7. The first-order valence-corrected chi connectivity index (χ1v) is 4.81. The zero-order chi connectivity index (χ0) is 11.2. The van der Waals surface area contributed by atoms with Gasteiger partial charge in [0.2, 0.25) is 5.76 Å². The molecule has 15 heavy (non-hydrogen) atoms. The lowest BCUT2D eigenvalue weighted by molar-refractivity contribution is 0.0665. The number of furan rings is 1. The van der Waals surface area contributed by atoms with Crippen LogP contribution in [-0.4, -0.2) is 11.1 Å². The Balaban J connectivity index is 2.82. The van der Waals surface area contributed by atoms with Crippen molar-refractivity contribution in [2.75, 3.05) is 0 Å².